The fourth-order valence-electron chi connectivity index (χ4n) is 4.44. The molecule has 1 aliphatic carbocycles. The van der Waals surface area contributed by atoms with Crippen LogP contribution in [0.5, 0.6) is 0 Å². The van der Waals surface area contributed by atoms with E-state index in [4.69, 9.17) is 0 Å². The van der Waals surface area contributed by atoms with Crippen LogP contribution in [-0.2, 0) is 0 Å². The van der Waals surface area contributed by atoms with Crippen molar-refractivity contribution in [3.05, 3.63) is 0 Å². The minimum absolute atomic E-state index is 0.499. The first-order chi connectivity index (χ1) is 7.45. The Morgan fingerprint density at radius 2 is 1.69 bits per heavy atom. The molecular weight excluding hydrogens is 194 g/mol. The second-order valence-corrected chi connectivity index (χ2v) is 7.21. The Bertz CT molecular complexity index is 240. The van der Waals surface area contributed by atoms with Crippen LogP contribution in [0.15, 0.2) is 0 Å². The van der Waals surface area contributed by atoms with Gasteiger partial charge in [0.05, 0.1) is 0 Å². The Labute approximate surface area is 102 Å². The lowest BCUT2D eigenvalue weighted by molar-refractivity contribution is 0.00335. The van der Waals surface area contributed by atoms with Crippen molar-refractivity contribution in [1.29, 1.82) is 0 Å². The summed E-state index contributed by atoms with van der Waals surface area (Å²) in [6.45, 7) is 12.6. The highest BCUT2D eigenvalue weighted by molar-refractivity contribution is 4.99. The standard InChI is InChI=1S/C15H29N/c1-5-13-10-14(2,3)12-15(4,11-13)16-8-6-7-9-16/h13H,5-12H2,1-4H3/t13?,15-/m1/s1. The van der Waals surface area contributed by atoms with Crippen molar-refractivity contribution in [3.8, 4) is 0 Å². The van der Waals surface area contributed by atoms with Gasteiger partial charge in [-0.3, -0.25) is 4.90 Å². The van der Waals surface area contributed by atoms with Crippen LogP contribution in [0.3, 0.4) is 0 Å². The maximum atomic E-state index is 2.79. The van der Waals surface area contributed by atoms with Gasteiger partial charge in [0.25, 0.3) is 0 Å². The number of rotatable bonds is 2. The van der Waals surface area contributed by atoms with Gasteiger partial charge in [-0.1, -0.05) is 27.2 Å². The highest BCUT2D eigenvalue weighted by Gasteiger charge is 2.44. The minimum atomic E-state index is 0.499. The van der Waals surface area contributed by atoms with E-state index in [2.05, 4.69) is 32.6 Å². The molecule has 1 unspecified atom stereocenters. The van der Waals surface area contributed by atoms with E-state index in [0.29, 0.717) is 11.0 Å². The Morgan fingerprint density at radius 1 is 1.06 bits per heavy atom. The summed E-state index contributed by atoms with van der Waals surface area (Å²) in [4.78, 5) is 2.79. The summed E-state index contributed by atoms with van der Waals surface area (Å²) < 4.78 is 0. The lowest BCUT2D eigenvalue weighted by atomic mass is 9.63. The highest BCUT2D eigenvalue weighted by atomic mass is 15.2. The number of hydrogen-bond donors (Lipinski definition) is 0. The molecule has 1 heteroatoms. The third kappa shape index (κ3) is 2.45. The lowest BCUT2D eigenvalue weighted by Gasteiger charge is -2.51. The van der Waals surface area contributed by atoms with Gasteiger partial charge in [0.1, 0.15) is 0 Å². The van der Waals surface area contributed by atoms with Gasteiger partial charge in [0.15, 0.2) is 0 Å². The molecule has 1 saturated heterocycles. The van der Waals surface area contributed by atoms with Gasteiger partial charge < -0.3 is 0 Å². The first-order valence-corrected chi connectivity index (χ1v) is 7.20. The predicted octanol–water partition coefficient (Wildman–Crippen LogP) is 4.08. The topological polar surface area (TPSA) is 3.24 Å². The summed E-state index contributed by atoms with van der Waals surface area (Å²) in [5.74, 6) is 0.953. The zero-order valence-electron chi connectivity index (χ0n) is 11.7. The summed E-state index contributed by atoms with van der Waals surface area (Å²) in [6.07, 6.45) is 8.49. The van der Waals surface area contributed by atoms with Gasteiger partial charge in [-0.25, -0.2) is 0 Å². The third-order valence-corrected chi connectivity index (χ3v) is 4.88. The van der Waals surface area contributed by atoms with Crippen LogP contribution in [0.4, 0.5) is 0 Å². The van der Waals surface area contributed by atoms with Crippen LogP contribution in [0.2, 0.25) is 0 Å². The molecule has 0 N–H and O–H groups in total. The SMILES string of the molecule is CCC1CC(C)(C)C[C@](C)(N2CCCC2)C1. The third-order valence-electron chi connectivity index (χ3n) is 4.88. The Morgan fingerprint density at radius 3 is 2.25 bits per heavy atom. The molecule has 0 bridgehead atoms. The van der Waals surface area contributed by atoms with Crippen LogP contribution in [-0.4, -0.2) is 23.5 Å². The van der Waals surface area contributed by atoms with Gasteiger partial charge in [-0.15, -0.1) is 0 Å². The van der Waals surface area contributed by atoms with Gasteiger partial charge in [0.2, 0.25) is 0 Å². The van der Waals surface area contributed by atoms with Crippen LogP contribution in [0.1, 0.15) is 66.2 Å². The quantitative estimate of drug-likeness (QED) is 0.682. The van der Waals surface area contributed by atoms with Gasteiger partial charge in [-0.2, -0.15) is 0 Å². The van der Waals surface area contributed by atoms with Crippen LogP contribution in [0.25, 0.3) is 0 Å². The molecule has 1 nitrogen and oxygen atoms in total. The highest BCUT2D eigenvalue weighted by Crippen LogP contribution is 2.48. The molecular formula is C15H29N. The maximum absolute atomic E-state index is 2.79. The summed E-state index contributed by atoms with van der Waals surface area (Å²) in [5.41, 5.74) is 1.05. The smallest absolute Gasteiger partial charge is 0.0189 e. The monoisotopic (exact) mass is 223 g/mol. The van der Waals surface area contributed by atoms with Crippen LogP contribution < -0.4 is 0 Å². The molecule has 1 heterocycles. The minimum Gasteiger partial charge on any atom is -0.298 e. The molecule has 2 rings (SSSR count). The fraction of sp³-hybridized carbons (Fsp3) is 1.00. The second kappa shape index (κ2) is 4.33. The zero-order valence-corrected chi connectivity index (χ0v) is 11.7. The van der Waals surface area contributed by atoms with Crippen molar-refractivity contribution in [2.75, 3.05) is 13.1 Å². The molecule has 0 spiro atoms. The van der Waals surface area contributed by atoms with E-state index >= 15 is 0 Å². The number of hydrogen-bond acceptors (Lipinski definition) is 1. The molecule has 0 amide bonds. The van der Waals surface area contributed by atoms with Crippen molar-refractivity contribution >= 4 is 0 Å². The molecule has 2 aliphatic rings. The Balaban J connectivity index is 2.12. The molecule has 0 aromatic heterocycles. The summed E-state index contributed by atoms with van der Waals surface area (Å²) in [7, 11) is 0. The van der Waals surface area contributed by atoms with Crippen molar-refractivity contribution in [2.24, 2.45) is 11.3 Å². The van der Waals surface area contributed by atoms with E-state index in [9.17, 15) is 0 Å². The van der Waals surface area contributed by atoms with Gasteiger partial charge in [0, 0.05) is 5.54 Å². The number of likely N-dealkylation sites (tertiary alicyclic amines) is 1. The second-order valence-electron chi connectivity index (χ2n) is 7.21. The molecule has 1 aliphatic heterocycles. The molecule has 1 saturated carbocycles. The first kappa shape index (κ1) is 12.4. The van der Waals surface area contributed by atoms with E-state index in [1.54, 1.807) is 0 Å². The van der Waals surface area contributed by atoms with Crippen LogP contribution >= 0.6 is 0 Å². The largest absolute Gasteiger partial charge is 0.298 e. The van der Waals surface area contributed by atoms with Crippen molar-refractivity contribution in [3.63, 3.8) is 0 Å². The molecule has 0 radical (unpaired) electrons. The van der Waals surface area contributed by atoms with Crippen LogP contribution in [0, 0.1) is 11.3 Å². The molecule has 0 aromatic rings. The molecule has 94 valence electrons. The Kier molecular flexibility index (Phi) is 3.36. The van der Waals surface area contributed by atoms with E-state index in [1.807, 2.05) is 0 Å². The van der Waals surface area contributed by atoms with Crippen molar-refractivity contribution in [2.45, 2.75) is 71.8 Å². The van der Waals surface area contributed by atoms with Gasteiger partial charge >= 0.3 is 0 Å². The molecule has 2 fully saturated rings. The maximum Gasteiger partial charge on any atom is 0.0189 e. The summed E-state index contributed by atoms with van der Waals surface area (Å²) in [6, 6.07) is 0. The molecule has 16 heavy (non-hydrogen) atoms. The molecule has 2 atom stereocenters. The summed E-state index contributed by atoms with van der Waals surface area (Å²) >= 11 is 0. The average molecular weight is 223 g/mol. The van der Waals surface area contributed by atoms with Crippen molar-refractivity contribution in [1.82, 2.24) is 4.90 Å². The Hall–Kier alpha value is -0.0400. The summed E-state index contributed by atoms with van der Waals surface area (Å²) in [5, 5.41) is 0. The van der Waals surface area contributed by atoms with E-state index in [1.165, 1.54) is 51.6 Å². The average Bonchev–Trinajstić information content (AvgIpc) is 2.67. The van der Waals surface area contributed by atoms with Crippen molar-refractivity contribution < 1.29 is 0 Å². The lowest BCUT2D eigenvalue weighted by Crippen LogP contribution is -2.52. The zero-order chi connectivity index (χ0) is 11.8. The molecule has 0 aromatic carbocycles. The predicted molar refractivity (Wildman–Crippen MR) is 70.6 cm³/mol. The van der Waals surface area contributed by atoms with Gasteiger partial charge in [-0.05, 0) is 63.5 Å². The normalized spacial score (nSPS) is 40.1. The fourth-order valence-corrected chi connectivity index (χ4v) is 4.44. The van der Waals surface area contributed by atoms with E-state index < -0.39 is 0 Å². The van der Waals surface area contributed by atoms with E-state index in [0.717, 1.165) is 5.92 Å². The first-order valence-electron chi connectivity index (χ1n) is 7.20. The number of nitrogens with zero attached hydrogens (tertiary/aromatic N) is 1. The van der Waals surface area contributed by atoms with E-state index in [-0.39, 0.29) is 0 Å².